The quantitative estimate of drug-likeness (QED) is 0.428. The second kappa shape index (κ2) is 12.9. The molecule has 1 atom stereocenters. The van der Waals surface area contributed by atoms with Gasteiger partial charge in [0.2, 0.25) is 15.9 Å². The highest BCUT2D eigenvalue weighted by Crippen LogP contribution is 2.40. The van der Waals surface area contributed by atoms with Gasteiger partial charge in [-0.25, -0.2) is 12.8 Å². The number of rotatable bonds is 7. The van der Waals surface area contributed by atoms with E-state index in [0.29, 0.717) is 48.0 Å². The number of benzene rings is 2. The van der Waals surface area contributed by atoms with Gasteiger partial charge in [-0.1, -0.05) is 30.2 Å². The normalized spacial score (nSPS) is 22.8. The monoisotopic (exact) mass is 618 g/mol. The van der Waals surface area contributed by atoms with Crippen LogP contribution in [0.2, 0.25) is 5.02 Å². The van der Waals surface area contributed by atoms with Crippen LogP contribution in [-0.4, -0.2) is 92.2 Å². The molecular weight excluding hydrogens is 575 g/mol. The summed E-state index contributed by atoms with van der Waals surface area (Å²) in [5.41, 5.74) is 2.29. The van der Waals surface area contributed by atoms with Gasteiger partial charge in [0.25, 0.3) is 0 Å². The first-order valence-electron chi connectivity index (χ1n) is 15.3. The van der Waals surface area contributed by atoms with Crippen molar-refractivity contribution < 1.29 is 17.6 Å². The number of hydrogen-bond acceptors (Lipinski definition) is 5. The van der Waals surface area contributed by atoms with Crippen LogP contribution in [0.15, 0.2) is 41.3 Å². The number of carbonyl (C=O) groups is 1. The van der Waals surface area contributed by atoms with E-state index in [1.165, 1.54) is 0 Å². The number of carbonyl (C=O) groups excluding carboxylic acids is 1. The first kappa shape index (κ1) is 31.4. The molecule has 42 heavy (non-hydrogen) atoms. The number of likely N-dealkylation sites (tertiary alicyclic amines) is 1. The van der Waals surface area contributed by atoms with E-state index in [4.69, 9.17) is 11.6 Å². The molecule has 5 rings (SSSR count). The zero-order chi connectivity index (χ0) is 30.1. The topological polar surface area (TPSA) is 64.2 Å². The zero-order valence-electron chi connectivity index (χ0n) is 25.1. The maximum Gasteiger partial charge on any atom is 0.243 e. The van der Waals surface area contributed by atoms with Crippen LogP contribution in [0.4, 0.5) is 4.39 Å². The Hall–Kier alpha value is -2.04. The molecule has 230 valence electrons. The smallest absolute Gasteiger partial charge is 0.243 e. The number of piperidine rings is 2. The lowest BCUT2D eigenvalue weighted by atomic mass is 9.78. The van der Waals surface area contributed by atoms with Crippen molar-refractivity contribution in [2.45, 2.75) is 75.3 Å². The SMILES string of the molecule is Cc1cc(S(=O)(=O)N2CCCCC2CCC(=O)N2CCC(c3ccc(F)cc3)(N3CCN(C)CC3)CC2)c(C)cc1Cl. The van der Waals surface area contributed by atoms with Crippen LogP contribution in [0.1, 0.15) is 61.6 Å². The van der Waals surface area contributed by atoms with E-state index in [9.17, 15) is 17.6 Å². The molecule has 3 saturated heterocycles. The molecule has 0 radical (unpaired) electrons. The van der Waals surface area contributed by atoms with Crippen molar-refractivity contribution >= 4 is 27.5 Å². The Bertz CT molecular complexity index is 1370. The van der Waals surface area contributed by atoms with Crippen molar-refractivity contribution in [3.05, 3.63) is 63.9 Å². The van der Waals surface area contributed by atoms with Crippen LogP contribution in [0, 0.1) is 19.7 Å². The number of piperazine rings is 1. The number of amides is 1. The average molecular weight is 619 g/mol. The third kappa shape index (κ3) is 6.41. The molecule has 3 aliphatic heterocycles. The first-order valence-corrected chi connectivity index (χ1v) is 17.1. The molecule has 10 heteroatoms. The highest BCUT2D eigenvalue weighted by atomic mass is 35.5. The van der Waals surface area contributed by atoms with Gasteiger partial charge in [-0.3, -0.25) is 9.69 Å². The van der Waals surface area contributed by atoms with Gasteiger partial charge in [-0.15, -0.1) is 0 Å². The Balaban J connectivity index is 1.25. The third-order valence-electron chi connectivity index (χ3n) is 9.74. The van der Waals surface area contributed by atoms with Gasteiger partial charge in [0.15, 0.2) is 0 Å². The van der Waals surface area contributed by atoms with Gasteiger partial charge >= 0.3 is 0 Å². The Morgan fingerprint density at radius 1 is 0.952 bits per heavy atom. The minimum Gasteiger partial charge on any atom is -0.343 e. The fourth-order valence-corrected chi connectivity index (χ4v) is 9.33. The lowest BCUT2D eigenvalue weighted by Crippen LogP contribution is -2.59. The minimum atomic E-state index is -3.71. The van der Waals surface area contributed by atoms with E-state index >= 15 is 0 Å². The lowest BCUT2D eigenvalue weighted by Gasteiger charge is -2.51. The number of halogens is 2. The molecule has 2 aromatic carbocycles. The highest BCUT2D eigenvalue weighted by Gasteiger charge is 2.43. The summed E-state index contributed by atoms with van der Waals surface area (Å²) in [6.07, 6.45) is 4.97. The summed E-state index contributed by atoms with van der Waals surface area (Å²) in [7, 11) is -1.57. The minimum absolute atomic E-state index is 0.0857. The number of nitrogens with zero attached hydrogens (tertiary/aromatic N) is 4. The summed E-state index contributed by atoms with van der Waals surface area (Å²) in [4.78, 5) is 20.6. The summed E-state index contributed by atoms with van der Waals surface area (Å²) >= 11 is 6.25. The summed E-state index contributed by atoms with van der Waals surface area (Å²) in [6.45, 7) is 9.21. The van der Waals surface area contributed by atoms with Crippen LogP contribution in [0.3, 0.4) is 0 Å². The van der Waals surface area contributed by atoms with Crippen molar-refractivity contribution in [2.24, 2.45) is 0 Å². The van der Waals surface area contributed by atoms with Crippen LogP contribution in [0.5, 0.6) is 0 Å². The number of hydrogen-bond donors (Lipinski definition) is 0. The fraction of sp³-hybridized carbons (Fsp3) is 0.594. The van der Waals surface area contributed by atoms with Crippen molar-refractivity contribution in [2.75, 3.05) is 52.9 Å². The standard InChI is InChI=1S/C32H44ClFN4O3S/c1-24-23-30(25(2)22-29(24)33)42(40,41)38-15-5-4-6-28(38)11-12-31(39)36-16-13-32(14-17-36,26-7-9-27(34)10-8-26)37-20-18-35(3)19-21-37/h7-10,22-23,28H,4-6,11-21H2,1-3H3. The fourth-order valence-electron chi connectivity index (χ4n) is 7.09. The van der Waals surface area contributed by atoms with Crippen molar-refractivity contribution in [3.63, 3.8) is 0 Å². The number of aryl methyl sites for hydroxylation is 2. The molecule has 1 unspecified atom stereocenters. The second-order valence-electron chi connectivity index (χ2n) is 12.4. The average Bonchev–Trinajstić information content (AvgIpc) is 2.98. The van der Waals surface area contributed by atoms with Gasteiger partial charge in [0.05, 0.1) is 4.90 Å². The molecule has 3 heterocycles. The van der Waals surface area contributed by atoms with Crippen LogP contribution in [-0.2, 0) is 20.4 Å². The molecule has 2 aromatic rings. The van der Waals surface area contributed by atoms with E-state index in [0.717, 1.165) is 69.4 Å². The van der Waals surface area contributed by atoms with Gasteiger partial charge in [0.1, 0.15) is 5.82 Å². The molecule has 0 N–H and O–H groups in total. The summed E-state index contributed by atoms with van der Waals surface area (Å²) < 4.78 is 43.0. The van der Waals surface area contributed by atoms with Crippen molar-refractivity contribution in [3.8, 4) is 0 Å². The maximum atomic E-state index is 13.8. The molecule has 1 amide bonds. The van der Waals surface area contributed by atoms with E-state index < -0.39 is 10.0 Å². The molecular formula is C32H44ClFN4O3S. The molecule has 3 fully saturated rings. The van der Waals surface area contributed by atoms with Crippen LogP contribution in [0.25, 0.3) is 0 Å². The predicted molar refractivity (Wildman–Crippen MR) is 165 cm³/mol. The van der Waals surface area contributed by atoms with E-state index in [-0.39, 0.29) is 23.3 Å². The Morgan fingerprint density at radius 2 is 1.62 bits per heavy atom. The second-order valence-corrected chi connectivity index (χ2v) is 14.6. The number of sulfonamides is 1. The molecule has 3 aliphatic rings. The largest absolute Gasteiger partial charge is 0.343 e. The Labute approximate surface area is 255 Å². The van der Waals surface area contributed by atoms with Gasteiger partial charge < -0.3 is 9.80 Å². The van der Waals surface area contributed by atoms with Gasteiger partial charge in [-0.05, 0) is 94.0 Å². The van der Waals surface area contributed by atoms with E-state index in [1.54, 1.807) is 35.5 Å². The molecule has 0 saturated carbocycles. The van der Waals surface area contributed by atoms with Crippen LogP contribution < -0.4 is 0 Å². The summed E-state index contributed by atoms with van der Waals surface area (Å²) in [5, 5.41) is 0.560. The van der Waals surface area contributed by atoms with Gasteiger partial charge in [0, 0.05) is 68.8 Å². The van der Waals surface area contributed by atoms with Crippen molar-refractivity contribution in [1.29, 1.82) is 0 Å². The maximum absolute atomic E-state index is 13.8. The van der Waals surface area contributed by atoms with Gasteiger partial charge in [-0.2, -0.15) is 4.31 Å². The Kier molecular flexibility index (Phi) is 9.64. The van der Waals surface area contributed by atoms with Crippen LogP contribution >= 0.6 is 11.6 Å². The zero-order valence-corrected chi connectivity index (χ0v) is 26.7. The molecule has 0 bridgehead atoms. The Morgan fingerprint density at radius 3 is 2.29 bits per heavy atom. The summed E-state index contributed by atoms with van der Waals surface area (Å²) in [6, 6.07) is 10.1. The molecule has 0 aliphatic carbocycles. The predicted octanol–water partition coefficient (Wildman–Crippen LogP) is 5.18. The molecule has 0 spiro atoms. The molecule has 0 aromatic heterocycles. The van der Waals surface area contributed by atoms with E-state index in [2.05, 4.69) is 16.8 Å². The lowest BCUT2D eigenvalue weighted by molar-refractivity contribution is -0.135. The summed E-state index contributed by atoms with van der Waals surface area (Å²) in [5.74, 6) is -0.150. The number of likely N-dealkylation sites (N-methyl/N-ethyl adjacent to an activating group) is 1. The van der Waals surface area contributed by atoms with Crippen molar-refractivity contribution in [1.82, 2.24) is 19.0 Å². The first-order chi connectivity index (χ1) is 20.0. The van der Waals surface area contributed by atoms with E-state index in [1.807, 2.05) is 24.0 Å². The highest BCUT2D eigenvalue weighted by molar-refractivity contribution is 7.89. The molecule has 7 nitrogen and oxygen atoms in total. The third-order valence-corrected chi connectivity index (χ3v) is 12.2.